The lowest BCUT2D eigenvalue weighted by Crippen LogP contribution is -2.58. The van der Waals surface area contributed by atoms with Crippen LogP contribution in [0.15, 0.2) is 29.8 Å². The number of aromatic nitrogens is 1. The summed E-state index contributed by atoms with van der Waals surface area (Å²) >= 11 is 1.57. The van der Waals surface area contributed by atoms with E-state index in [1.54, 1.807) is 52.9 Å². The van der Waals surface area contributed by atoms with Gasteiger partial charge in [0.2, 0.25) is 11.8 Å². The number of nitrogens with zero attached hydrogens (tertiary/aromatic N) is 2. The Morgan fingerprint density at radius 1 is 1.11 bits per heavy atom. The van der Waals surface area contributed by atoms with Crippen molar-refractivity contribution in [2.75, 3.05) is 6.54 Å². The highest BCUT2D eigenvalue weighted by Gasteiger charge is 2.45. The molecule has 1 aromatic carbocycles. The van der Waals surface area contributed by atoms with Crippen LogP contribution in [0.4, 0.5) is 9.18 Å². The molecule has 2 N–H and O–H groups in total. The molecule has 0 unspecified atom stereocenters. The van der Waals surface area contributed by atoms with E-state index in [1.165, 1.54) is 4.90 Å². The van der Waals surface area contributed by atoms with Crippen molar-refractivity contribution in [1.82, 2.24) is 20.5 Å². The van der Waals surface area contributed by atoms with E-state index in [9.17, 15) is 18.8 Å². The van der Waals surface area contributed by atoms with E-state index >= 15 is 0 Å². The summed E-state index contributed by atoms with van der Waals surface area (Å²) in [7, 11) is 0. The van der Waals surface area contributed by atoms with Gasteiger partial charge in [0.25, 0.3) is 0 Å². The monoisotopic (exact) mass is 546 g/mol. The molecule has 1 aliphatic rings. The van der Waals surface area contributed by atoms with Crippen LogP contribution in [-0.2, 0) is 14.3 Å². The molecule has 1 aliphatic heterocycles. The number of aryl methyl sites for hydroxylation is 1. The van der Waals surface area contributed by atoms with Gasteiger partial charge in [0.05, 0.1) is 28.7 Å². The van der Waals surface area contributed by atoms with Gasteiger partial charge in [-0.1, -0.05) is 45.0 Å². The van der Waals surface area contributed by atoms with Gasteiger partial charge in [0.15, 0.2) is 0 Å². The van der Waals surface area contributed by atoms with E-state index in [-0.39, 0.29) is 19.0 Å². The summed E-state index contributed by atoms with van der Waals surface area (Å²) in [5, 5.41) is 5.58. The van der Waals surface area contributed by atoms with Gasteiger partial charge >= 0.3 is 6.09 Å². The van der Waals surface area contributed by atoms with E-state index in [2.05, 4.69) is 15.6 Å². The minimum absolute atomic E-state index is 0.100. The molecule has 2 heterocycles. The number of hydrogen-bond donors (Lipinski definition) is 2. The van der Waals surface area contributed by atoms with Crippen molar-refractivity contribution in [3.63, 3.8) is 0 Å². The van der Waals surface area contributed by atoms with Crippen molar-refractivity contribution in [3.05, 3.63) is 41.0 Å². The zero-order chi connectivity index (χ0) is 28.4. The Balaban J connectivity index is 1.72. The largest absolute Gasteiger partial charge is 0.444 e. The molecule has 2 aromatic rings. The standard InChI is InChI=1S/C28H39FN4O4S/c1-16(18-9-11-19(12-10-18)22-17(2)30-15-38-22)31-24(34)21-13-20(29)14-33(21)25(35)23(27(3,4)5)32-26(36)37-28(6,7)8/h9-12,15-16,20-21,23H,13-14H2,1-8H3,(H,31,34)(H,32,36)/t16-,20+,21-,23+/m0/s1. The maximum Gasteiger partial charge on any atom is 0.408 e. The summed E-state index contributed by atoms with van der Waals surface area (Å²) in [5.74, 6) is -0.945. The van der Waals surface area contributed by atoms with Crippen molar-refractivity contribution in [2.45, 2.75) is 91.7 Å². The Bertz CT molecular complexity index is 1150. The highest BCUT2D eigenvalue weighted by Crippen LogP contribution is 2.30. The lowest BCUT2D eigenvalue weighted by Gasteiger charge is -2.35. The molecule has 208 valence electrons. The molecular formula is C28H39FN4O4S. The Kier molecular flexibility index (Phi) is 8.86. The number of rotatable bonds is 6. The number of carbonyl (C=O) groups is 3. The van der Waals surface area contributed by atoms with E-state index in [0.29, 0.717) is 0 Å². The number of thiazole rings is 1. The van der Waals surface area contributed by atoms with Crippen molar-refractivity contribution in [3.8, 4) is 10.4 Å². The molecule has 0 aliphatic carbocycles. The van der Waals surface area contributed by atoms with E-state index < -0.39 is 47.2 Å². The third-order valence-electron chi connectivity index (χ3n) is 6.39. The van der Waals surface area contributed by atoms with Gasteiger partial charge in [0.1, 0.15) is 23.9 Å². The number of ether oxygens (including phenoxy) is 1. The number of hydrogen-bond acceptors (Lipinski definition) is 6. The molecule has 38 heavy (non-hydrogen) atoms. The number of amides is 3. The zero-order valence-corrected chi connectivity index (χ0v) is 24.2. The van der Waals surface area contributed by atoms with Crippen molar-refractivity contribution < 1.29 is 23.5 Å². The number of likely N-dealkylation sites (tertiary alicyclic amines) is 1. The first-order valence-corrected chi connectivity index (χ1v) is 13.7. The van der Waals surface area contributed by atoms with Gasteiger partial charge < -0.3 is 20.3 Å². The number of halogens is 1. The molecule has 1 aromatic heterocycles. The van der Waals surface area contributed by atoms with Crippen molar-refractivity contribution in [2.24, 2.45) is 5.41 Å². The van der Waals surface area contributed by atoms with E-state index in [1.807, 2.05) is 43.6 Å². The smallest absolute Gasteiger partial charge is 0.408 e. The van der Waals surface area contributed by atoms with Crippen LogP contribution in [0.1, 0.15) is 72.2 Å². The first-order valence-electron chi connectivity index (χ1n) is 12.8. The van der Waals surface area contributed by atoms with E-state index in [4.69, 9.17) is 4.74 Å². The molecule has 1 saturated heterocycles. The fourth-order valence-electron chi connectivity index (χ4n) is 4.41. The summed E-state index contributed by atoms with van der Waals surface area (Å²) in [6.07, 6.45) is -2.18. The van der Waals surface area contributed by atoms with Crippen LogP contribution in [0.2, 0.25) is 0 Å². The molecule has 3 rings (SSSR count). The fraction of sp³-hybridized carbons (Fsp3) is 0.571. The molecule has 0 spiro atoms. The fourth-order valence-corrected chi connectivity index (χ4v) is 5.22. The molecule has 0 bridgehead atoms. The molecule has 0 saturated carbocycles. The average Bonchev–Trinajstić information content (AvgIpc) is 3.40. The van der Waals surface area contributed by atoms with Crippen LogP contribution in [0.5, 0.6) is 0 Å². The maximum absolute atomic E-state index is 14.6. The SMILES string of the molecule is Cc1ncsc1-c1ccc([C@H](C)NC(=O)[C@@H]2C[C@@H](F)CN2C(=O)[C@@H](NC(=O)OC(C)(C)C)C(C)(C)C)cc1. The Morgan fingerprint density at radius 2 is 1.74 bits per heavy atom. The predicted molar refractivity (Wildman–Crippen MR) is 146 cm³/mol. The maximum atomic E-state index is 14.6. The van der Waals surface area contributed by atoms with Gasteiger partial charge in [-0.05, 0) is 51.2 Å². The highest BCUT2D eigenvalue weighted by atomic mass is 32.1. The third kappa shape index (κ3) is 7.30. The van der Waals surface area contributed by atoms with Crippen LogP contribution in [0.25, 0.3) is 10.4 Å². The molecule has 8 nitrogen and oxygen atoms in total. The summed E-state index contributed by atoms with van der Waals surface area (Å²) in [4.78, 5) is 46.0. The van der Waals surface area contributed by atoms with Crippen molar-refractivity contribution in [1.29, 1.82) is 0 Å². The van der Waals surface area contributed by atoms with E-state index in [0.717, 1.165) is 21.7 Å². The van der Waals surface area contributed by atoms with Crippen LogP contribution in [-0.4, -0.2) is 58.2 Å². The Morgan fingerprint density at radius 3 is 2.26 bits per heavy atom. The highest BCUT2D eigenvalue weighted by molar-refractivity contribution is 7.13. The molecule has 10 heteroatoms. The van der Waals surface area contributed by atoms with Gasteiger partial charge in [-0.25, -0.2) is 14.2 Å². The van der Waals surface area contributed by atoms with Crippen LogP contribution in [0, 0.1) is 12.3 Å². The lowest BCUT2D eigenvalue weighted by molar-refractivity contribution is -0.142. The summed E-state index contributed by atoms with van der Waals surface area (Å²) < 4.78 is 19.9. The number of alkyl carbamates (subject to hydrolysis) is 1. The summed E-state index contributed by atoms with van der Waals surface area (Å²) in [5.41, 5.74) is 3.26. The van der Waals surface area contributed by atoms with Crippen LogP contribution >= 0.6 is 11.3 Å². The molecular weight excluding hydrogens is 507 g/mol. The number of benzene rings is 1. The van der Waals surface area contributed by atoms with Gasteiger partial charge in [0, 0.05) is 6.42 Å². The number of carbonyl (C=O) groups excluding carboxylic acids is 3. The summed E-state index contributed by atoms with van der Waals surface area (Å²) in [6.45, 7) is 14.2. The number of nitrogens with one attached hydrogen (secondary N) is 2. The first kappa shape index (κ1) is 29.5. The second-order valence-electron chi connectivity index (χ2n) is 11.9. The quantitative estimate of drug-likeness (QED) is 0.520. The number of alkyl halides is 1. The molecule has 0 radical (unpaired) electrons. The zero-order valence-electron chi connectivity index (χ0n) is 23.4. The average molecular weight is 547 g/mol. The molecule has 3 amide bonds. The molecule has 1 fully saturated rings. The second-order valence-corrected chi connectivity index (χ2v) is 12.8. The third-order valence-corrected chi connectivity index (χ3v) is 7.36. The Hall–Kier alpha value is -3.01. The van der Waals surface area contributed by atoms with Crippen LogP contribution in [0.3, 0.4) is 0 Å². The Labute approximate surface area is 228 Å². The second kappa shape index (κ2) is 11.4. The topological polar surface area (TPSA) is 101 Å². The predicted octanol–water partition coefficient (Wildman–Crippen LogP) is 5.17. The van der Waals surface area contributed by atoms with Gasteiger partial charge in [-0.15, -0.1) is 11.3 Å². The van der Waals surface area contributed by atoms with Crippen LogP contribution < -0.4 is 10.6 Å². The minimum Gasteiger partial charge on any atom is -0.444 e. The molecule has 4 atom stereocenters. The summed E-state index contributed by atoms with van der Waals surface area (Å²) in [6, 6.07) is 5.51. The lowest BCUT2D eigenvalue weighted by atomic mass is 9.85. The van der Waals surface area contributed by atoms with Gasteiger partial charge in [-0.2, -0.15) is 0 Å². The normalized spacial score (nSPS) is 19.6. The van der Waals surface area contributed by atoms with Crippen molar-refractivity contribution >= 4 is 29.2 Å². The minimum atomic E-state index is -1.34. The first-order chi connectivity index (χ1) is 17.6. The van der Waals surface area contributed by atoms with Gasteiger partial charge in [-0.3, -0.25) is 9.59 Å².